The van der Waals surface area contributed by atoms with Crippen LogP contribution in [0.15, 0.2) is 17.1 Å². The molecule has 70 valence electrons. The standard InChI is InChI=1S/C3H3NS.C2H7O4P/c1-2-5-3-4-1;1-2-6-7(3,4)5/h1-3H;2H2,1H3,(H2,3,4,5)/p-1. The maximum Gasteiger partial charge on any atom is 0.222 e. The number of nitrogens with one attached hydrogen (secondary N) is 1. The highest BCUT2D eigenvalue weighted by molar-refractivity contribution is 7.43. The van der Waals surface area contributed by atoms with E-state index in [2.05, 4.69) is 9.51 Å². The number of aromatic nitrogens is 1. The Labute approximate surface area is 74.3 Å². The number of thiazole rings is 1. The van der Waals surface area contributed by atoms with Crippen molar-refractivity contribution in [1.82, 2.24) is 0 Å². The molecule has 7 heteroatoms. The molecule has 0 spiro atoms. The molecule has 0 aliphatic carbocycles. The molecule has 0 saturated heterocycles. The van der Waals surface area contributed by atoms with Gasteiger partial charge in [0.15, 0.2) is 6.20 Å². The first-order valence-corrected chi connectivity index (χ1v) is 5.51. The lowest BCUT2D eigenvalue weighted by Crippen LogP contribution is -2.15. The molecule has 0 bridgehead atoms. The molecule has 0 atom stereocenters. The third-order valence-electron chi connectivity index (χ3n) is 0.666. The van der Waals surface area contributed by atoms with Crippen LogP contribution >= 0.6 is 19.2 Å². The molecular formula is C5H9NO4PS-. The van der Waals surface area contributed by atoms with Gasteiger partial charge in [-0.05, 0) is 6.92 Å². The summed E-state index contributed by atoms with van der Waals surface area (Å²) in [7, 11) is -4.67. The van der Waals surface area contributed by atoms with Crippen LogP contribution in [0.25, 0.3) is 0 Å². The summed E-state index contributed by atoms with van der Waals surface area (Å²) in [4.78, 5) is 21.8. The quantitative estimate of drug-likeness (QED) is 0.610. The van der Waals surface area contributed by atoms with Crippen molar-refractivity contribution in [2.24, 2.45) is 0 Å². The van der Waals surface area contributed by atoms with Crippen LogP contribution < -0.4 is 14.8 Å². The van der Waals surface area contributed by atoms with Crippen LogP contribution in [0.1, 0.15) is 6.92 Å². The highest BCUT2D eigenvalue weighted by Crippen LogP contribution is 2.23. The van der Waals surface area contributed by atoms with Gasteiger partial charge in [0.2, 0.25) is 5.51 Å². The van der Waals surface area contributed by atoms with Gasteiger partial charge in [0.25, 0.3) is 0 Å². The van der Waals surface area contributed by atoms with Gasteiger partial charge in [-0.3, -0.25) is 0 Å². The minimum Gasteiger partial charge on any atom is -0.790 e. The molecule has 1 N–H and O–H groups in total. The fraction of sp³-hybridized carbons (Fsp3) is 0.400. The highest BCUT2D eigenvalue weighted by atomic mass is 32.1. The number of phosphoric acid groups is 1. The average molecular weight is 210 g/mol. The molecule has 0 unspecified atom stereocenters. The van der Waals surface area contributed by atoms with Gasteiger partial charge in [0.05, 0.1) is 13.2 Å². The number of hydrogen-bond acceptors (Lipinski definition) is 5. The van der Waals surface area contributed by atoms with Gasteiger partial charge in [-0.15, -0.1) is 0 Å². The zero-order valence-corrected chi connectivity index (χ0v) is 8.14. The number of aromatic amines is 1. The van der Waals surface area contributed by atoms with Crippen molar-refractivity contribution in [1.29, 1.82) is 0 Å². The smallest absolute Gasteiger partial charge is 0.222 e. The highest BCUT2D eigenvalue weighted by Gasteiger charge is 1.81. The van der Waals surface area contributed by atoms with Crippen molar-refractivity contribution < 1.29 is 23.9 Å². The largest absolute Gasteiger partial charge is 0.790 e. The second kappa shape index (κ2) is 6.28. The Morgan fingerprint density at radius 2 is 2.33 bits per heavy atom. The molecule has 1 aromatic rings. The van der Waals surface area contributed by atoms with Crippen molar-refractivity contribution in [2.75, 3.05) is 6.61 Å². The third kappa shape index (κ3) is 9.74. The van der Waals surface area contributed by atoms with E-state index in [0.717, 1.165) is 0 Å². The summed E-state index contributed by atoms with van der Waals surface area (Å²) in [6.45, 7) is 1.35. The van der Waals surface area contributed by atoms with Crippen LogP contribution in [0.2, 0.25) is 0 Å². The zero-order valence-electron chi connectivity index (χ0n) is 6.43. The first kappa shape index (κ1) is 11.7. The minimum atomic E-state index is -4.67. The Bertz CT molecular complexity index is 204. The molecular weight excluding hydrogens is 201 g/mol. The first-order valence-electron chi connectivity index (χ1n) is 3.11. The lowest BCUT2D eigenvalue weighted by Gasteiger charge is -2.27. The average Bonchev–Trinajstić information content (AvgIpc) is 2.38. The van der Waals surface area contributed by atoms with Crippen LogP contribution in [0.4, 0.5) is 0 Å². The van der Waals surface area contributed by atoms with Crippen LogP contribution in [0.3, 0.4) is 0 Å². The number of H-pyrrole nitrogens is 1. The predicted molar refractivity (Wildman–Crippen MR) is 40.1 cm³/mol. The van der Waals surface area contributed by atoms with Crippen LogP contribution in [-0.4, -0.2) is 6.61 Å². The molecule has 5 nitrogen and oxygen atoms in total. The fourth-order valence-electron chi connectivity index (χ4n) is 0.355. The van der Waals surface area contributed by atoms with Gasteiger partial charge in [0, 0.05) is 6.61 Å². The zero-order chi connectivity index (χ0) is 9.45. The van der Waals surface area contributed by atoms with Gasteiger partial charge in [-0.1, -0.05) is 11.3 Å². The Hall–Kier alpha value is -0.260. The van der Waals surface area contributed by atoms with Gasteiger partial charge >= 0.3 is 0 Å². The normalized spacial score (nSPS) is 10.2. The summed E-state index contributed by atoms with van der Waals surface area (Å²) in [5, 5.41) is 1.99. The summed E-state index contributed by atoms with van der Waals surface area (Å²) in [5.41, 5.74) is 1.92. The van der Waals surface area contributed by atoms with Crippen molar-refractivity contribution in [3.63, 3.8) is 0 Å². The Morgan fingerprint density at radius 3 is 2.42 bits per heavy atom. The van der Waals surface area contributed by atoms with E-state index in [1.807, 2.05) is 17.1 Å². The molecule has 0 aliphatic heterocycles. The van der Waals surface area contributed by atoms with E-state index in [4.69, 9.17) is 0 Å². The second-order valence-electron chi connectivity index (χ2n) is 1.59. The van der Waals surface area contributed by atoms with E-state index < -0.39 is 7.82 Å². The predicted octanol–water partition coefficient (Wildman–Crippen LogP) is -0.586. The lowest BCUT2D eigenvalue weighted by atomic mass is 10.9. The molecule has 0 aliphatic rings. The van der Waals surface area contributed by atoms with E-state index >= 15 is 0 Å². The molecule has 0 fully saturated rings. The summed E-state index contributed by atoms with van der Waals surface area (Å²) >= 11 is 1.66. The van der Waals surface area contributed by atoms with Gasteiger partial charge in [0.1, 0.15) is 0 Å². The molecule has 1 aromatic heterocycles. The van der Waals surface area contributed by atoms with Crippen molar-refractivity contribution in [3.05, 3.63) is 17.1 Å². The summed E-state index contributed by atoms with van der Waals surface area (Å²) in [6.07, 6.45) is 1.89. The maximum absolute atomic E-state index is 9.48. The number of hydrogen-bond donors (Lipinski definition) is 0. The number of rotatable bonds is 2. The fourth-order valence-corrected chi connectivity index (χ4v) is 1.06. The van der Waals surface area contributed by atoms with Crippen LogP contribution in [0.5, 0.6) is 0 Å². The topological polar surface area (TPSA) is 86.6 Å². The minimum absolute atomic E-state index is 0.0791. The Balaban J connectivity index is 0.000000211. The molecule has 0 aromatic carbocycles. The van der Waals surface area contributed by atoms with Gasteiger partial charge in [-0.2, -0.15) is 0 Å². The van der Waals surface area contributed by atoms with E-state index in [0.29, 0.717) is 0 Å². The monoisotopic (exact) mass is 210 g/mol. The Morgan fingerprint density at radius 1 is 1.67 bits per heavy atom. The first-order chi connectivity index (χ1) is 5.56. The summed E-state index contributed by atoms with van der Waals surface area (Å²) in [6, 6.07) is 0. The molecule has 0 radical (unpaired) electrons. The van der Waals surface area contributed by atoms with Gasteiger partial charge in [-0.25, -0.2) is 4.98 Å². The number of phosphoric ester groups is 1. The SMILES string of the molecule is CCOP(=O)([O-])[O-].c1csc[nH+]1. The van der Waals surface area contributed by atoms with E-state index in [-0.39, 0.29) is 6.61 Å². The van der Waals surface area contributed by atoms with E-state index in [1.54, 1.807) is 11.3 Å². The van der Waals surface area contributed by atoms with Crippen LogP contribution in [0, 0.1) is 0 Å². The van der Waals surface area contributed by atoms with Crippen LogP contribution in [-0.2, 0) is 9.09 Å². The second-order valence-corrected chi connectivity index (χ2v) is 3.52. The molecule has 0 saturated carbocycles. The Kier molecular flexibility index (Phi) is 6.14. The van der Waals surface area contributed by atoms with E-state index in [9.17, 15) is 14.4 Å². The lowest BCUT2D eigenvalue weighted by molar-refractivity contribution is -0.370. The molecule has 1 rings (SSSR count). The maximum atomic E-state index is 9.48. The molecule has 0 amide bonds. The van der Waals surface area contributed by atoms with E-state index in [1.165, 1.54) is 6.92 Å². The molecule has 12 heavy (non-hydrogen) atoms. The van der Waals surface area contributed by atoms with Gasteiger partial charge < -0.3 is 18.9 Å². The van der Waals surface area contributed by atoms with Crippen molar-refractivity contribution in [3.8, 4) is 0 Å². The summed E-state index contributed by atoms with van der Waals surface area (Å²) < 4.78 is 13.2. The van der Waals surface area contributed by atoms with Crippen molar-refractivity contribution in [2.45, 2.75) is 6.92 Å². The summed E-state index contributed by atoms with van der Waals surface area (Å²) in [5.74, 6) is 0. The molecule has 1 heterocycles. The van der Waals surface area contributed by atoms with Crippen molar-refractivity contribution >= 4 is 19.2 Å². The third-order valence-corrected chi connectivity index (χ3v) is 1.81.